The summed E-state index contributed by atoms with van der Waals surface area (Å²) in [6, 6.07) is 8.35. The molecule has 0 unspecified atom stereocenters. The van der Waals surface area contributed by atoms with Crippen molar-refractivity contribution in [3.63, 3.8) is 0 Å². The largest absolute Gasteiger partial charge is 0.493 e. The number of ether oxygens (including phenoxy) is 5. The number of pyridine rings is 1. The van der Waals surface area contributed by atoms with Crippen LogP contribution in [0.3, 0.4) is 0 Å². The van der Waals surface area contributed by atoms with Crippen LogP contribution in [0, 0.1) is 10.1 Å². The van der Waals surface area contributed by atoms with E-state index in [1.807, 2.05) is 0 Å². The Hall–Kier alpha value is -5.79. The van der Waals surface area contributed by atoms with Crippen LogP contribution in [-0.2, 0) is 4.74 Å². The fourth-order valence-corrected chi connectivity index (χ4v) is 9.56. The number of anilines is 1. The second-order valence-electron chi connectivity index (χ2n) is 14.9. The fraction of sp³-hybridized carbons (Fsp3) is 0.405. The number of rotatable bonds is 16. The van der Waals surface area contributed by atoms with Gasteiger partial charge in [-0.1, -0.05) is 35.1 Å². The van der Waals surface area contributed by atoms with Crippen LogP contribution in [0.25, 0.3) is 0 Å². The van der Waals surface area contributed by atoms with Gasteiger partial charge in [0, 0.05) is 48.9 Å². The van der Waals surface area contributed by atoms with E-state index in [1.54, 1.807) is 30.2 Å². The summed E-state index contributed by atoms with van der Waals surface area (Å²) in [7, 11) is 5.30. The SMILES string of the molecule is C=C1C[C@H]2C=Nc3cc(OCCCCCOc4cc5c(cc4OC)C(=O)N4CC(=C)C[C@H]4[C@H](O)N5C(=O)OC[C@@H](C)SSc4ncccc4[N+](=O)[O-])c(OC)cc3C(=O)N2C1. The van der Waals surface area contributed by atoms with Gasteiger partial charge in [-0.2, -0.15) is 0 Å². The molecule has 2 fully saturated rings. The third-order valence-corrected chi connectivity index (χ3v) is 13.3. The quantitative estimate of drug-likeness (QED) is 0.0508. The number of carbonyl (C=O) groups excluding carboxylic acids is 3. The summed E-state index contributed by atoms with van der Waals surface area (Å²) in [6.45, 7) is 11.0. The molecule has 7 rings (SSSR count). The predicted octanol–water partition coefficient (Wildman–Crippen LogP) is 7.00. The summed E-state index contributed by atoms with van der Waals surface area (Å²) in [5.41, 5.74) is 2.77. The molecule has 1 aromatic heterocycles. The Morgan fingerprint density at radius 3 is 2.31 bits per heavy atom. The molecule has 4 atom stereocenters. The van der Waals surface area contributed by atoms with Gasteiger partial charge in [-0.3, -0.25) is 24.7 Å². The maximum absolute atomic E-state index is 14.0. The zero-order valence-corrected chi connectivity index (χ0v) is 35.6. The van der Waals surface area contributed by atoms with Gasteiger partial charge in [0.2, 0.25) is 0 Å². The molecule has 0 bridgehead atoms. The number of aliphatic hydroxyl groups excluding tert-OH is 1. The minimum atomic E-state index is -1.48. The number of methoxy groups -OCH3 is 2. The number of amides is 3. The lowest BCUT2D eigenvalue weighted by Gasteiger charge is -2.31. The number of nitro groups is 1. The summed E-state index contributed by atoms with van der Waals surface area (Å²) in [5, 5.41) is 23.0. The first-order valence-electron chi connectivity index (χ1n) is 19.6. The normalized spacial score (nSPS) is 19.7. The minimum Gasteiger partial charge on any atom is -0.493 e. The predicted molar refractivity (Wildman–Crippen MR) is 230 cm³/mol. The Balaban J connectivity index is 0.985. The van der Waals surface area contributed by atoms with Gasteiger partial charge >= 0.3 is 11.8 Å². The Morgan fingerprint density at radius 1 is 0.951 bits per heavy atom. The van der Waals surface area contributed by atoms with Crippen molar-refractivity contribution in [2.45, 2.75) is 67.6 Å². The number of aromatic nitrogens is 1. The molecular weight excluding hydrogens is 829 g/mol. The van der Waals surface area contributed by atoms with E-state index in [1.165, 1.54) is 60.4 Å². The summed E-state index contributed by atoms with van der Waals surface area (Å²) < 4.78 is 29.2. The van der Waals surface area contributed by atoms with Crippen LogP contribution in [0.15, 0.2) is 76.9 Å². The minimum absolute atomic E-state index is 0.0945. The van der Waals surface area contributed by atoms with Crippen LogP contribution in [0.5, 0.6) is 23.0 Å². The smallest absolute Gasteiger partial charge is 0.416 e. The van der Waals surface area contributed by atoms with Crippen molar-refractivity contribution in [2.24, 2.45) is 4.99 Å². The van der Waals surface area contributed by atoms with Gasteiger partial charge in [-0.15, -0.1) is 0 Å². The highest BCUT2D eigenvalue weighted by Gasteiger charge is 2.46. The van der Waals surface area contributed by atoms with E-state index in [2.05, 4.69) is 23.1 Å². The lowest BCUT2D eigenvalue weighted by molar-refractivity contribution is -0.388. The lowest BCUT2D eigenvalue weighted by atomic mass is 10.1. The number of fused-ring (bicyclic) bond motifs is 4. The molecule has 2 saturated heterocycles. The molecular formula is C42H46N6O11S2. The molecule has 3 amide bonds. The lowest BCUT2D eigenvalue weighted by Crippen LogP contribution is -2.51. The van der Waals surface area contributed by atoms with Crippen LogP contribution >= 0.6 is 21.6 Å². The first-order valence-corrected chi connectivity index (χ1v) is 21.9. The highest BCUT2D eigenvalue weighted by molar-refractivity contribution is 8.77. The van der Waals surface area contributed by atoms with Crippen molar-refractivity contribution in [2.75, 3.05) is 52.0 Å². The molecule has 0 radical (unpaired) electrons. The molecule has 0 saturated carbocycles. The van der Waals surface area contributed by atoms with Crippen LogP contribution in [0.1, 0.15) is 59.7 Å². The van der Waals surface area contributed by atoms with Gasteiger partial charge in [0.15, 0.2) is 34.3 Å². The molecule has 0 spiro atoms. The Kier molecular flexibility index (Phi) is 13.4. The molecule has 1 N–H and O–H groups in total. The zero-order valence-electron chi connectivity index (χ0n) is 33.9. The maximum atomic E-state index is 14.0. The molecule has 5 heterocycles. The van der Waals surface area contributed by atoms with Gasteiger partial charge in [0.05, 0.1) is 66.9 Å². The van der Waals surface area contributed by atoms with E-state index in [9.17, 15) is 29.6 Å². The van der Waals surface area contributed by atoms with Gasteiger partial charge < -0.3 is 38.6 Å². The number of aliphatic imine (C=N–C) groups is 1. The second kappa shape index (κ2) is 18.9. The Bertz CT molecular complexity index is 2270. The highest BCUT2D eigenvalue weighted by atomic mass is 33.1. The third-order valence-electron chi connectivity index (χ3n) is 10.6. The summed E-state index contributed by atoms with van der Waals surface area (Å²) in [4.78, 5) is 65.1. The fourth-order valence-electron chi connectivity index (χ4n) is 7.53. The summed E-state index contributed by atoms with van der Waals surface area (Å²) in [5.74, 6) is 0.910. The number of aliphatic hydroxyl groups is 1. The maximum Gasteiger partial charge on any atom is 0.416 e. The molecule has 0 aliphatic carbocycles. The van der Waals surface area contributed by atoms with Gasteiger partial charge in [0.25, 0.3) is 11.8 Å². The van der Waals surface area contributed by atoms with Gasteiger partial charge in [0.1, 0.15) is 6.61 Å². The van der Waals surface area contributed by atoms with Crippen molar-refractivity contribution < 1.29 is 48.1 Å². The molecule has 3 aromatic rings. The van der Waals surface area contributed by atoms with Gasteiger partial charge in [-0.05, 0) is 68.0 Å². The monoisotopic (exact) mass is 874 g/mol. The number of hydrogen-bond donors (Lipinski definition) is 1. The second-order valence-corrected chi connectivity index (χ2v) is 17.5. The van der Waals surface area contributed by atoms with Crippen molar-refractivity contribution in [1.82, 2.24) is 14.8 Å². The van der Waals surface area contributed by atoms with Crippen molar-refractivity contribution in [3.05, 3.63) is 88.1 Å². The van der Waals surface area contributed by atoms with Crippen LogP contribution < -0.4 is 23.8 Å². The molecule has 17 nitrogen and oxygen atoms in total. The van der Waals surface area contributed by atoms with Crippen LogP contribution in [0.2, 0.25) is 0 Å². The van der Waals surface area contributed by atoms with E-state index < -0.39 is 29.2 Å². The topological polar surface area (TPSA) is 196 Å². The first kappa shape index (κ1) is 43.3. The molecule has 19 heteroatoms. The first-order chi connectivity index (χ1) is 29.4. The summed E-state index contributed by atoms with van der Waals surface area (Å²) in [6.07, 6.45) is 3.85. The van der Waals surface area contributed by atoms with Crippen molar-refractivity contribution in [3.8, 4) is 23.0 Å². The molecule has 2 aromatic carbocycles. The third kappa shape index (κ3) is 9.28. The number of benzene rings is 2. The van der Waals surface area contributed by atoms with E-state index in [-0.39, 0.29) is 76.8 Å². The highest BCUT2D eigenvalue weighted by Crippen LogP contribution is 2.43. The Labute approximate surface area is 360 Å². The van der Waals surface area contributed by atoms with Crippen LogP contribution in [0.4, 0.5) is 21.9 Å². The molecule has 61 heavy (non-hydrogen) atoms. The zero-order chi connectivity index (χ0) is 43.4. The van der Waals surface area contributed by atoms with Gasteiger partial charge in [-0.25, -0.2) is 14.7 Å². The van der Waals surface area contributed by atoms with E-state index in [0.717, 1.165) is 33.3 Å². The molecule has 322 valence electrons. The molecule has 4 aliphatic heterocycles. The number of nitrogens with zero attached hydrogens (tertiary/aromatic N) is 6. The average Bonchev–Trinajstić information content (AvgIpc) is 3.79. The van der Waals surface area contributed by atoms with Crippen LogP contribution in [-0.4, -0.2) is 120 Å². The average molecular weight is 875 g/mol. The number of hydrogen-bond acceptors (Lipinski definition) is 15. The van der Waals surface area contributed by atoms with E-state index in [4.69, 9.17) is 23.7 Å². The van der Waals surface area contributed by atoms with E-state index >= 15 is 0 Å². The molecule has 4 aliphatic rings. The van der Waals surface area contributed by atoms with Crippen molar-refractivity contribution in [1.29, 1.82) is 0 Å². The number of carbonyl (C=O) groups is 3. The standard InChI is InChI=1S/C42H46N6O11S2/c1-24-14-27-20-44-30-18-36(34(55-4)16-28(30)39(49)45(27)21-24)57-12-7-6-8-13-58-37-19-32-29(17-35(37)56-5)40(50)46-22-25(2)15-33(46)41(51)47(32)42(52)59-23-26(3)60-61-38-31(48(53)54)10-9-11-43-38/h9-11,16-20,26-27,33,41,51H,1-2,6-8,12-15,21-23H2,3-5H3/t26-,27+,33+,41+/m1/s1. The van der Waals surface area contributed by atoms with E-state index in [0.29, 0.717) is 55.2 Å². The number of unbranched alkanes of at least 4 members (excludes halogenated alkanes) is 2. The Morgan fingerprint density at radius 2 is 1.61 bits per heavy atom. The summed E-state index contributed by atoms with van der Waals surface area (Å²) >= 11 is 0. The van der Waals surface area contributed by atoms with Crippen molar-refractivity contribution >= 4 is 62.8 Å².